The van der Waals surface area contributed by atoms with Gasteiger partial charge in [-0.1, -0.05) is 267 Å². The van der Waals surface area contributed by atoms with Crippen LogP contribution < -0.4 is 0 Å². The molecule has 2 nitrogen and oxygen atoms in total. The first-order chi connectivity index (χ1) is 42.7. The Kier molecular flexibility index (Phi) is 9.93. The molecule has 2 heterocycles. The number of benzene rings is 17. The summed E-state index contributed by atoms with van der Waals surface area (Å²) in [6.45, 7) is 0. The van der Waals surface area contributed by atoms with E-state index in [9.17, 15) is 0 Å². The highest BCUT2D eigenvalue weighted by molar-refractivity contribution is 6.34. The Morgan fingerprint density at radius 3 is 0.988 bits per heavy atom. The molecular formula is C84H48O2. The van der Waals surface area contributed by atoms with Crippen molar-refractivity contribution < 1.29 is 8.83 Å². The van der Waals surface area contributed by atoms with Gasteiger partial charge in [-0.15, -0.1) is 0 Å². The second-order valence-electron chi connectivity index (χ2n) is 23.2. The monoisotopic (exact) mass is 1090 g/mol. The summed E-state index contributed by atoms with van der Waals surface area (Å²) in [5.41, 5.74) is 15.6. The van der Waals surface area contributed by atoms with Crippen molar-refractivity contribution in [2.24, 2.45) is 0 Å². The minimum Gasteiger partial charge on any atom is -0.456 e. The van der Waals surface area contributed by atoms with Crippen molar-refractivity contribution in [1.29, 1.82) is 0 Å². The van der Waals surface area contributed by atoms with Gasteiger partial charge in [-0.2, -0.15) is 0 Å². The molecular weight excluding hydrogens is 1040 g/mol. The summed E-state index contributed by atoms with van der Waals surface area (Å²) in [7, 11) is 0. The van der Waals surface area contributed by atoms with E-state index < -0.39 is 0 Å². The van der Waals surface area contributed by atoms with Crippen LogP contribution in [0, 0.1) is 0 Å². The first-order valence-electron chi connectivity index (χ1n) is 29.7. The van der Waals surface area contributed by atoms with Crippen LogP contribution in [0.1, 0.15) is 0 Å². The lowest BCUT2D eigenvalue weighted by Crippen LogP contribution is -1.92. The van der Waals surface area contributed by atoms with Crippen LogP contribution >= 0.6 is 0 Å². The van der Waals surface area contributed by atoms with E-state index in [0.717, 1.165) is 49.6 Å². The normalized spacial score (nSPS) is 12.2. The van der Waals surface area contributed by atoms with Crippen molar-refractivity contribution in [1.82, 2.24) is 0 Å². The topological polar surface area (TPSA) is 26.3 Å². The van der Waals surface area contributed by atoms with Crippen LogP contribution in [0.15, 0.2) is 300 Å². The number of fused-ring (bicyclic) bond motifs is 19. The van der Waals surface area contributed by atoms with Crippen molar-refractivity contribution in [3.8, 4) is 55.6 Å². The second-order valence-corrected chi connectivity index (χ2v) is 23.2. The maximum absolute atomic E-state index is 7.08. The third-order valence-electron chi connectivity index (χ3n) is 18.8. The summed E-state index contributed by atoms with van der Waals surface area (Å²) in [6.07, 6.45) is 0. The number of hydrogen-bond acceptors (Lipinski definition) is 2. The molecule has 0 aliphatic rings. The zero-order valence-electron chi connectivity index (χ0n) is 46.5. The molecule has 0 spiro atoms. The lowest BCUT2D eigenvalue weighted by molar-refractivity contribution is 0.669. The molecule has 0 N–H and O–H groups in total. The molecule has 0 aliphatic carbocycles. The van der Waals surface area contributed by atoms with Gasteiger partial charge in [-0.3, -0.25) is 0 Å². The molecule has 0 fully saturated rings. The molecule has 0 unspecified atom stereocenters. The number of hydrogen-bond donors (Lipinski definition) is 0. The molecule has 0 radical (unpaired) electrons. The lowest BCUT2D eigenvalue weighted by Gasteiger charge is -2.20. The Bertz CT molecular complexity index is 6010. The van der Waals surface area contributed by atoms with Crippen molar-refractivity contribution >= 4 is 141 Å². The smallest absolute Gasteiger partial charge is 0.136 e. The van der Waals surface area contributed by atoms with Gasteiger partial charge < -0.3 is 8.83 Å². The van der Waals surface area contributed by atoms with E-state index in [0.29, 0.717) is 0 Å². The second kappa shape index (κ2) is 18.1. The van der Waals surface area contributed by atoms with E-state index in [1.807, 2.05) is 0 Å². The fourth-order valence-corrected chi connectivity index (χ4v) is 15.3. The Labute approximate surface area is 493 Å². The third kappa shape index (κ3) is 6.67. The van der Waals surface area contributed by atoms with Crippen LogP contribution in [0.25, 0.3) is 196 Å². The lowest BCUT2D eigenvalue weighted by atomic mass is 9.83. The summed E-state index contributed by atoms with van der Waals surface area (Å²) in [4.78, 5) is 0. The van der Waals surface area contributed by atoms with Crippen molar-refractivity contribution in [3.05, 3.63) is 291 Å². The minimum absolute atomic E-state index is 0.879. The summed E-state index contributed by atoms with van der Waals surface area (Å²) in [5, 5.41) is 26.4. The van der Waals surface area contributed by atoms with Gasteiger partial charge in [-0.05, 0) is 177 Å². The average molecular weight is 1090 g/mol. The number of furan rings is 2. The van der Waals surface area contributed by atoms with Gasteiger partial charge in [0.1, 0.15) is 22.3 Å². The summed E-state index contributed by atoms with van der Waals surface area (Å²) < 4.78 is 13.9. The summed E-state index contributed by atoms with van der Waals surface area (Å²) in [6, 6.07) is 107. The van der Waals surface area contributed by atoms with Crippen LogP contribution in [0.5, 0.6) is 0 Å². The summed E-state index contributed by atoms with van der Waals surface area (Å²) in [5.74, 6) is 0. The molecule has 0 amide bonds. The molecule has 2 aromatic heterocycles. The molecule has 0 bridgehead atoms. The molecule has 19 aromatic rings. The van der Waals surface area contributed by atoms with E-state index in [1.54, 1.807) is 0 Å². The van der Waals surface area contributed by atoms with Crippen molar-refractivity contribution in [2.45, 2.75) is 0 Å². The van der Waals surface area contributed by atoms with Crippen LogP contribution in [-0.2, 0) is 0 Å². The molecule has 86 heavy (non-hydrogen) atoms. The highest BCUT2D eigenvalue weighted by Gasteiger charge is 2.25. The molecule has 0 saturated heterocycles. The quantitative estimate of drug-likeness (QED) is 0.161. The van der Waals surface area contributed by atoms with Gasteiger partial charge in [0.25, 0.3) is 0 Å². The number of rotatable bonds is 5. The van der Waals surface area contributed by atoms with Crippen molar-refractivity contribution in [3.63, 3.8) is 0 Å². The van der Waals surface area contributed by atoms with E-state index >= 15 is 0 Å². The van der Waals surface area contributed by atoms with Gasteiger partial charge in [0.15, 0.2) is 0 Å². The minimum atomic E-state index is 0.879. The SMILES string of the molecule is c1ccc2c(-c3c4ccccc4c(-c4cc5oc6ccc7c(-c8ccc(-c9c%10ccccc%10c(-c%10cc%11oc%12ccc%13ccccc%13c%12c%11c%11ccccc%10%11)c%10ccccc9%10)cc8)cccc7c6c5c5ccccc45)c4ccccc34)cccc2c1. The Morgan fingerprint density at radius 2 is 0.477 bits per heavy atom. The van der Waals surface area contributed by atoms with E-state index in [4.69, 9.17) is 8.83 Å². The van der Waals surface area contributed by atoms with Crippen LogP contribution in [0.4, 0.5) is 0 Å². The fraction of sp³-hybridized carbons (Fsp3) is 0. The third-order valence-corrected chi connectivity index (χ3v) is 18.8. The van der Waals surface area contributed by atoms with Gasteiger partial charge in [0.2, 0.25) is 0 Å². The Balaban J connectivity index is 0.763. The van der Waals surface area contributed by atoms with Crippen LogP contribution in [0.2, 0.25) is 0 Å². The first-order valence-corrected chi connectivity index (χ1v) is 29.7. The molecule has 0 aliphatic heterocycles. The molecule has 396 valence electrons. The molecule has 2 heteroatoms. The van der Waals surface area contributed by atoms with Gasteiger partial charge in [-0.25, -0.2) is 0 Å². The summed E-state index contributed by atoms with van der Waals surface area (Å²) >= 11 is 0. The molecule has 0 atom stereocenters. The van der Waals surface area contributed by atoms with Gasteiger partial charge in [0, 0.05) is 21.5 Å². The van der Waals surface area contributed by atoms with Gasteiger partial charge in [0.05, 0.1) is 0 Å². The standard InChI is InChI=1S/C84H48O2/c1-3-22-54-49(19-1)21-17-37-59(54)78-67-32-13-15-34-69(67)80(70-35-16-14-33-68(70)78)72-48-76-84(61-27-8-6-25-57(61)72)82-62-38-18-36-53(58(62)44-46-74(82)86-76)51-39-41-52(42-40-51)77-63-28-9-11-30-65(63)79(66-31-12-10-29-64(66)77)71-47-75-83(60-26-7-5-24-56(60)71)81-55-23-4-2-20-50(55)43-45-73(81)85-75/h1-48H. The zero-order valence-corrected chi connectivity index (χ0v) is 46.5. The Hall–Kier alpha value is -11.3. The van der Waals surface area contributed by atoms with Crippen molar-refractivity contribution in [2.75, 3.05) is 0 Å². The van der Waals surface area contributed by atoms with Gasteiger partial charge >= 0.3 is 0 Å². The maximum Gasteiger partial charge on any atom is 0.136 e. The predicted octanol–water partition coefficient (Wildman–Crippen LogP) is 24.2. The van der Waals surface area contributed by atoms with E-state index in [2.05, 4.69) is 291 Å². The molecule has 17 aromatic carbocycles. The first kappa shape index (κ1) is 47.2. The highest BCUT2D eigenvalue weighted by Crippen LogP contribution is 2.52. The van der Waals surface area contributed by atoms with E-state index in [-0.39, 0.29) is 0 Å². The fourth-order valence-electron chi connectivity index (χ4n) is 15.3. The van der Waals surface area contributed by atoms with Crippen LogP contribution in [0.3, 0.4) is 0 Å². The maximum atomic E-state index is 7.08. The molecule has 0 saturated carbocycles. The molecule has 19 rings (SSSR count). The average Bonchev–Trinajstić information content (AvgIpc) is 1.51. The van der Waals surface area contributed by atoms with Crippen LogP contribution in [-0.4, -0.2) is 0 Å². The largest absolute Gasteiger partial charge is 0.456 e. The zero-order chi connectivity index (χ0) is 56.1. The van der Waals surface area contributed by atoms with E-state index in [1.165, 1.54) is 147 Å². The highest BCUT2D eigenvalue weighted by atomic mass is 16.3. The Morgan fingerprint density at radius 1 is 0.163 bits per heavy atom. The predicted molar refractivity (Wildman–Crippen MR) is 366 cm³/mol.